The molecule has 1 aromatic heterocycles. The minimum absolute atomic E-state index is 0.0250. The number of rotatable bonds is 3. The van der Waals surface area contributed by atoms with E-state index in [4.69, 9.17) is 0 Å². The molecular formula is C12H12F3N3S. The molecule has 2 rings (SSSR count). The predicted molar refractivity (Wildman–Crippen MR) is 67.8 cm³/mol. The van der Waals surface area contributed by atoms with Gasteiger partial charge >= 0.3 is 6.18 Å². The molecule has 0 bridgehead atoms. The van der Waals surface area contributed by atoms with E-state index in [0.717, 1.165) is 17.1 Å². The molecule has 0 fully saturated rings. The van der Waals surface area contributed by atoms with Crippen LogP contribution in [0.2, 0.25) is 0 Å². The number of halogens is 3. The first kappa shape index (κ1) is 14.0. The van der Waals surface area contributed by atoms with Gasteiger partial charge in [0.25, 0.3) is 0 Å². The van der Waals surface area contributed by atoms with Gasteiger partial charge in [-0.25, -0.2) is 0 Å². The van der Waals surface area contributed by atoms with E-state index in [1.165, 1.54) is 17.4 Å². The maximum atomic E-state index is 12.6. The van der Waals surface area contributed by atoms with Gasteiger partial charge in [0.15, 0.2) is 0 Å². The number of hydrogen-bond donors (Lipinski definition) is 1. The average molecular weight is 287 g/mol. The van der Waals surface area contributed by atoms with Crippen LogP contribution < -0.4 is 5.32 Å². The number of alkyl halides is 3. The van der Waals surface area contributed by atoms with Crippen molar-refractivity contribution in [1.29, 1.82) is 0 Å². The number of hydrogen-bond acceptors (Lipinski definition) is 4. The SMILES string of the molecule is CNC(C)c1nnc(-c2cccc(C(F)(F)F)c2)s1. The van der Waals surface area contributed by atoms with Crippen molar-refractivity contribution in [2.45, 2.75) is 19.1 Å². The van der Waals surface area contributed by atoms with Gasteiger partial charge in [-0.1, -0.05) is 23.5 Å². The van der Waals surface area contributed by atoms with E-state index in [1.807, 2.05) is 6.92 Å². The molecule has 0 radical (unpaired) electrons. The molecule has 0 amide bonds. The first-order valence-electron chi connectivity index (χ1n) is 5.60. The first-order valence-corrected chi connectivity index (χ1v) is 6.41. The summed E-state index contributed by atoms with van der Waals surface area (Å²) in [5.41, 5.74) is -0.245. The monoisotopic (exact) mass is 287 g/mol. The summed E-state index contributed by atoms with van der Waals surface area (Å²) in [5.74, 6) is 0. The minimum atomic E-state index is -4.35. The zero-order chi connectivity index (χ0) is 14.0. The Morgan fingerprint density at radius 1 is 1.26 bits per heavy atom. The van der Waals surface area contributed by atoms with Gasteiger partial charge in [0.2, 0.25) is 0 Å². The fourth-order valence-electron chi connectivity index (χ4n) is 1.48. The van der Waals surface area contributed by atoms with Crippen LogP contribution in [-0.4, -0.2) is 17.2 Å². The maximum Gasteiger partial charge on any atom is 0.416 e. The molecule has 1 atom stereocenters. The molecule has 1 unspecified atom stereocenters. The van der Waals surface area contributed by atoms with Crippen molar-refractivity contribution < 1.29 is 13.2 Å². The van der Waals surface area contributed by atoms with Crippen LogP contribution in [-0.2, 0) is 6.18 Å². The molecule has 19 heavy (non-hydrogen) atoms. The van der Waals surface area contributed by atoms with Crippen LogP contribution in [0.4, 0.5) is 13.2 Å². The van der Waals surface area contributed by atoms with Gasteiger partial charge in [-0.15, -0.1) is 10.2 Å². The topological polar surface area (TPSA) is 37.8 Å². The summed E-state index contributed by atoms with van der Waals surface area (Å²) < 4.78 is 37.9. The average Bonchev–Trinajstić information content (AvgIpc) is 2.86. The normalized spacial score (nSPS) is 13.5. The third-order valence-corrected chi connectivity index (χ3v) is 3.84. The number of nitrogens with zero attached hydrogens (tertiary/aromatic N) is 2. The van der Waals surface area contributed by atoms with E-state index >= 15 is 0 Å². The summed E-state index contributed by atoms with van der Waals surface area (Å²) in [6.07, 6.45) is -4.35. The highest BCUT2D eigenvalue weighted by atomic mass is 32.1. The zero-order valence-corrected chi connectivity index (χ0v) is 11.1. The van der Waals surface area contributed by atoms with E-state index in [-0.39, 0.29) is 6.04 Å². The first-order chi connectivity index (χ1) is 8.91. The molecule has 0 spiro atoms. The Morgan fingerprint density at radius 2 is 2.00 bits per heavy atom. The summed E-state index contributed by atoms with van der Waals surface area (Å²) in [7, 11) is 1.79. The molecule has 1 aromatic carbocycles. The smallest absolute Gasteiger partial charge is 0.311 e. The van der Waals surface area contributed by atoms with Crippen LogP contribution in [0.5, 0.6) is 0 Å². The fraction of sp³-hybridized carbons (Fsp3) is 0.333. The Bertz CT molecular complexity index is 565. The van der Waals surface area contributed by atoms with E-state index in [0.29, 0.717) is 10.6 Å². The molecule has 1 N–H and O–H groups in total. The van der Waals surface area contributed by atoms with Crippen molar-refractivity contribution in [3.8, 4) is 10.6 Å². The molecule has 2 aromatic rings. The van der Waals surface area contributed by atoms with Gasteiger partial charge < -0.3 is 5.32 Å². The van der Waals surface area contributed by atoms with Crippen molar-refractivity contribution in [3.63, 3.8) is 0 Å². The lowest BCUT2D eigenvalue weighted by molar-refractivity contribution is -0.137. The highest BCUT2D eigenvalue weighted by Gasteiger charge is 2.30. The highest BCUT2D eigenvalue weighted by molar-refractivity contribution is 7.14. The van der Waals surface area contributed by atoms with Crippen molar-refractivity contribution in [2.75, 3.05) is 7.05 Å². The van der Waals surface area contributed by atoms with Crippen molar-refractivity contribution in [1.82, 2.24) is 15.5 Å². The Labute approximate surface area is 112 Å². The fourth-order valence-corrected chi connectivity index (χ4v) is 2.38. The summed E-state index contributed by atoms with van der Waals surface area (Å²) in [6, 6.07) is 5.14. The molecule has 0 aliphatic rings. The van der Waals surface area contributed by atoms with E-state index in [2.05, 4.69) is 15.5 Å². The molecule has 1 heterocycles. The highest BCUT2D eigenvalue weighted by Crippen LogP contribution is 2.33. The van der Waals surface area contributed by atoms with E-state index in [1.54, 1.807) is 13.1 Å². The summed E-state index contributed by atoms with van der Waals surface area (Å²) in [6.45, 7) is 1.91. The molecule has 0 aliphatic carbocycles. The van der Waals surface area contributed by atoms with Gasteiger partial charge in [-0.3, -0.25) is 0 Å². The molecule has 3 nitrogen and oxygen atoms in total. The van der Waals surface area contributed by atoms with Crippen LogP contribution in [0, 0.1) is 0 Å². The Hall–Kier alpha value is -1.47. The largest absolute Gasteiger partial charge is 0.416 e. The number of benzene rings is 1. The quantitative estimate of drug-likeness (QED) is 0.938. The Morgan fingerprint density at radius 3 is 2.63 bits per heavy atom. The van der Waals surface area contributed by atoms with Crippen molar-refractivity contribution in [3.05, 3.63) is 34.8 Å². The van der Waals surface area contributed by atoms with Gasteiger partial charge in [0.1, 0.15) is 10.0 Å². The Kier molecular flexibility index (Phi) is 3.86. The second-order valence-electron chi connectivity index (χ2n) is 4.03. The third-order valence-electron chi connectivity index (χ3n) is 2.68. The van der Waals surface area contributed by atoms with Gasteiger partial charge in [-0.2, -0.15) is 13.2 Å². The van der Waals surface area contributed by atoms with Crippen LogP contribution in [0.3, 0.4) is 0 Å². The summed E-state index contributed by atoms with van der Waals surface area (Å²) in [5, 5.41) is 12.2. The van der Waals surface area contributed by atoms with Crippen molar-refractivity contribution >= 4 is 11.3 Å². The molecule has 0 saturated carbocycles. The van der Waals surface area contributed by atoms with Crippen LogP contribution in [0.25, 0.3) is 10.6 Å². The second kappa shape index (κ2) is 5.26. The summed E-state index contributed by atoms with van der Waals surface area (Å²) >= 11 is 1.29. The van der Waals surface area contributed by atoms with Crippen molar-refractivity contribution in [2.24, 2.45) is 0 Å². The third kappa shape index (κ3) is 3.10. The van der Waals surface area contributed by atoms with Gasteiger partial charge in [0, 0.05) is 5.56 Å². The zero-order valence-electron chi connectivity index (χ0n) is 10.3. The van der Waals surface area contributed by atoms with Crippen LogP contribution in [0.1, 0.15) is 23.5 Å². The lowest BCUT2D eigenvalue weighted by Gasteiger charge is -2.07. The molecular weight excluding hydrogens is 275 g/mol. The lowest BCUT2D eigenvalue weighted by atomic mass is 10.1. The van der Waals surface area contributed by atoms with E-state index in [9.17, 15) is 13.2 Å². The standard InChI is InChI=1S/C12H12F3N3S/c1-7(16-2)10-17-18-11(19-10)8-4-3-5-9(6-8)12(13,14)15/h3-7,16H,1-2H3. The van der Waals surface area contributed by atoms with Gasteiger partial charge in [0.05, 0.1) is 11.6 Å². The van der Waals surface area contributed by atoms with E-state index < -0.39 is 11.7 Å². The predicted octanol–water partition coefficient (Wildman–Crippen LogP) is 3.50. The lowest BCUT2D eigenvalue weighted by Crippen LogP contribution is -2.11. The van der Waals surface area contributed by atoms with Crippen LogP contribution >= 0.6 is 11.3 Å². The number of nitrogens with one attached hydrogen (secondary N) is 1. The Balaban J connectivity index is 2.34. The molecule has 0 saturated heterocycles. The molecule has 7 heteroatoms. The minimum Gasteiger partial charge on any atom is -0.311 e. The summed E-state index contributed by atoms with van der Waals surface area (Å²) in [4.78, 5) is 0. The molecule has 102 valence electrons. The second-order valence-corrected chi connectivity index (χ2v) is 5.04. The van der Waals surface area contributed by atoms with Crippen LogP contribution in [0.15, 0.2) is 24.3 Å². The molecule has 0 aliphatic heterocycles. The van der Waals surface area contributed by atoms with Gasteiger partial charge in [-0.05, 0) is 26.1 Å². The number of aromatic nitrogens is 2. The maximum absolute atomic E-state index is 12.6.